The fourth-order valence-corrected chi connectivity index (χ4v) is 3.03. The van der Waals surface area contributed by atoms with Crippen molar-refractivity contribution in [1.82, 2.24) is 4.98 Å². The number of aliphatic carboxylic acids is 1. The number of fused-ring (bicyclic) bond motifs is 1. The predicted octanol–water partition coefficient (Wildman–Crippen LogP) is 2.43. The second-order valence-corrected chi connectivity index (χ2v) is 5.84. The van der Waals surface area contributed by atoms with Gasteiger partial charge in [-0.15, -0.1) is 11.3 Å². The summed E-state index contributed by atoms with van der Waals surface area (Å²) in [7, 11) is 0. The summed E-state index contributed by atoms with van der Waals surface area (Å²) in [6.07, 6.45) is -0.418. The van der Waals surface area contributed by atoms with E-state index in [2.05, 4.69) is 10.3 Å². The second kappa shape index (κ2) is 6.58. The average molecular weight is 325 g/mol. The van der Waals surface area contributed by atoms with E-state index in [0.29, 0.717) is 5.13 Å². The van der Waals surface area contributed by atoms with E-state index in [1.54, 1.807) is 0 Å². The van der Waals surface area contributed by atoms with Gasteiger partial charge in [0.1, 0.15) is 0 Å². The van der Waals surface area contributed by atoms with Crippen molar-refractivity contribution in [2.24, 2.45) is 0 Å². The first kappa shape index (κ1) is 15.2. The van der Waals surface area contributed by atoms with Gasteiger partial charge in [-0.2, -0.15) is 0 Å². The number of nitrogens with one attached hydrogen (secondary N) is 1. The van der Waals surface area contributed by atoms with Crippen LogP contribution in [-0.2, 0) is 9.59 Å². The van der Waals surface area contributed by atoms with Crippen LogP contribution in [0.4, 0.5) is 5.13 Å². The molecule has 0 radical (unpaired) electrons. The van der Waals surface area contributed by atoms with Crippen molar-refractivity contribution in [3.05, 3.63) is 47.8 Å². The zero-order valence-corrected chi connectivity index (χ0v) is 12.9. The molecule has 0 spiro atoms. The second-order valence-electron chi connectivity index (χ2n) is 4.98. The highest BCUT2D eigenvalue weighted by atomic mass is 32.1. The van der Waals surface area contributed by atoms with Crippen LogP contribution in [-0.4, -0.2) is 16.9 Å². The minimum absolute atomic E-state index is 0.120. The molecule has 0 aliphatic heterocycles. The third kappa shape index (κ3) is 3.54. The molecule has 0 unspecified atom stereocenters. The molecule has 0 saturated heterocycles. The van der Waals surface area contributed by atoms with Gasteiger partial charge < -0.3 is 15.2 Å². The summed E-state index contributed by atoms with van der Waals surface area (Å²) < 4.78 is 0. The lowest BCUT2D eigenvalue weighted by atomic mass is 10.0. The van der Waals surface area contributed by atoms with E-state index in [1.165, 1.54) is 11.3 Å². The lowest BCUT2D eigenvalue weighted by molar-refractivity contribution is -0.305. The third-order valence-electron chi connectivity index (χ3n) is 3.37. The van der Waals surface area contributed by atoms with E-state index in [1.807, 2.05) is 47.8 Å². The summed E-state index contributed by atoms with van der Waals surface area (Å²) in [6.45, 7) is 0. The molecule has 0 atom stereocenters. The maximum absolute atomic E-state index is 11.6. The Bertz CT molecular complexity index is 868. The Balaban J connectivity index is 1.81. The number of carboxylic acids is 1. The number of nitrogens with zero attached hydrogens (tertiary/aromatic N) is 1. The zero-order valence-electron chi connectivity index (χ0n) is 12.1. The molecule has 3 rings (SSSR count). The minimum Gasteiger partial charge on any atom is -0.550 e. The highest BCUT2D eigenvalue weighted by molar-refractivity contribution is 7.14. The summed E-state index contributed by atoms with van der Waals surface area (Å²) in [5, 5.41) is 17.5. The molecule has 1 N–H and O–H groups in total. The van der Waals surface area contributed by atoms with Crippen molar-refractivity contribution in [3.63, 3.8) is 0 Å². The van der Waals surface area contributed by atoms with Gasteiger partial charge in [-0.1, -0.05) is 42.5 Å². The number of carbonyl (C=O) groups is 2. The molecule has 0 bridgehead atoms. The Morgan fingerprint density at radius 1 is 1.09 bits per heavy atom. The highest BCUT2D eigenvalue weighted by Gasteiger charge is 2.10. The number of benzene rings is 2. The number of hydrogen-bond donors (Lipinski definition) is 1. The van der Waals surface area contributed by atoms with Crippen LogP contribution in [0.5, 0.6) is 0 Å². The molecule has 2 aromatic carbocycles. The molecule has 0 aliphatic carbocycles. The highest BCUT2D eigenvalue weighted by Crippen LogP contribution is 2.30. The maximum Gasteiger partial charge on any atom is 0.226 e. The molecule has 6 heteroatoms. The third-order valence-corrected chi connectivity index (χ3v) is 4.13. The van der Waals surface area contributed by atoms with Crippen molar-refractivity contribution in [1.29, 1.82) is 0 Å². The monoisotopic (exact) mass is 325 g/mol. The summed E-state index contributed by atoms with van der Waals surface area (Å²) in [4.78, 5) is 26.4. The van der Waals surface area contributed by atoms with E-state index >= 15 is 0 Å². The van der Waals surface area contributed by atoms with Gasteiger partial charge in [-0.3, -0.25) is 4.79 Å². The number of amides is 1. The SMILES string of the molecule is O=C([O-])CCC(=O)Nc1nc(-c2cccc3ccccc23)cs1. The average Bonchev–Trinajstić information content (AvgIpc) is 3.00. The van der Waals surface area contributed by atoms with E-state index in [4.69, 9.17) is 0 Å². The molecule has 1 heterocycles. The van der Waals surface area contributed by atoms with E-state index in [0.717, 1.165) is 22.0 Å². The Kier molecular flexibility index (Phi) is 4.34. The zero-order chi connectivity index (χ0) is 16.2. The molecule has 0 fully saturated rings. The molecule has 23 heavy (non-hydrogen) atoms. The fourth-order valence-electron chi connectivity index (χ4n) is 2.30. The van der Waals surface area contributed by atoms with Crippen LogP contribution in [0.3, 0.4) is 0 Å². The standard InChI is InChI=1S/C17H14N2O3S/c20-15(8-9-16(21)22)19-17-18-14(10-23-17)13-7-3-5-11-4-1-2-6-12(11)13/h1-7,10H,8-9H2,(H,21,22)(H,18,19,20)/p-1. The molecule has 1 aromatic heterocycles. The number of rotatable bonds is 5. The Labute approximate surface area is 136 Å². The van der Waals surface area contributed by atoms with Gasteiger partial charge in [-0.25, -0.2) is 4.98 Å². The molecule has 0 aliphatic rings. The molecule has 1 amide bonds. The van der Waals surface area contributed by atoms with Crippen LogP contribution >= 0.6 is 11.3 Å². The van der Waals surface area contributed by atoms with Crippen molar-refractivity contribution in [2.45, 2.75) is 12.8 Å². The van der Waals surface area contributed by atoms with Crippen LogP contribution in [0.25, 0.3) is 22.0 Å². The van der Waals surface area contributed by atoms with Crippen LogP contribution in [0.15, 0.2) is 47.8 Å². The Morgan fingerprint density at radius 2 is 1.87 bits per heavy atom. The summed E-state index contributed by atoms with van der Waals surface area (Å²) >= 11 is 1.31. The van der Waals surface area contributed by atoms with Crippen molar-refractivity contribution >= 4 is 39.1 Å². The molecule has 5 nitrogen and oxygen atoms in total. The topological polar surface area (TPSA) is 82.1 Å². The number of aromatic nitrogens is 1. The molecule has 0 saturated carbocycles. The van der Waals surface area contributed by atoms with Crippen LogP contribution in [0.2, 0.25) is 0 Å². The largest absolute Gasteiger partial charge is 0.550 e. The summed E-state index contributed by atoms with van der Waals surface area (Å²) in [6, 6.07) is 14.0. The van der Waals surface area contributed by atoms with Gasteiger partial charge in [0.2, 0.25) is 5.91 Å². The number of hydrogen-bond acceptors (Lipinski definition) is 5. The fraction of sp³-hybridized carbons (Fsp3) is 0.118. The van der Waals surface area contributed by atoms with Crippen LogP contribution < -0.4 is 10.4 Å². The van der Waals surface area contributed by atoms with Crippen LogP contribution in [0.1, 0.15) is 12.8 Å². The summed E-state index contributed by atoms with van der Waals surface area (Å²) in [5.41, 5.74) is 1.77. The maximum atomic E-state index is 11.6. The van der Waals surface area contributed by atoms with Crippen LogP contribution in [0, 0.1) is 0 Å². The summed E-state index contributed by atoms with van der Waals surface area (Å²) in [5.74, 6) is -1.62. The van der Waals surface area contributed by atoms with Gasteiger partial charge in [0, 0.05) is 23.3 Å². The van der Waals surface area contributed by atoms with Crippen molar-refractivity contribution in [3.8, 4) is 11.3 Å². The van der Waals surface area contributed by atoms with E-state index in [9.17, 15) is 14.7 Å². The van der Waals surface area contributed by atoms with Gasteiger partial charge in [0.25, 0.3) is 0 Å². The number of carboxylic acid groups (broad SMARTS) is 1. The molecular formula is C17H13N2O3S-. The molecular weight excluding hydrogens is 312 g/mol. The van der Waals surface area contributed by atoms with Gasteiger partial charge in [0.05, 0.1) is 5.69 Å². The quantitative estimate of drug-likeness (QED) is 0.781. The number of carbonyl (C=O) groups excluding carboxylic acids is 2. The molecule has 116 valence electrons. The van der Waals surface area contributed by atoms with Gasteiger partial charge in [-0.05, 0) is 17.2 Å². The number of thiazole rings is 1. The van der Waals surface area contributed by atoms with Crippen molar-refractivity contribution < 1.29 is 14.7 Å². The smallest absolute Gasteiger partial charge is 0.226 e. The van der Waals surface area contributed by atoms with Gasteiger partial charge >= 0.3 is 0 Å². The predicted molar refractivity (Wildman–Crippen MR) is 87.9 cm³/mol. The Morgan fingerprint density at radius 3 is 2.70 bits per heavy atom. The first-order valence-electron chi connectivity index (χ1n) is 7.07. The Hall–Kier alpha value is -2.73. The molecule has 3 aromatic rings. The van der Waals surface area contributed by atoms with E-state index < -0.39 is 5.97 Å². The number of anilines is 1. The first-order chi connectivity index (χ1) is 11.1. The lowest BCUT2D eigenvalue weighted by Gasteiger charge is -2.04. The van der Waals surface area contributed by atoms with Crippen molar-refractivity contribution in [2.75, 3.05) is 5.32 Å². The lowest BCUT2D eigenvalue weighted by Crippen LogP contribution is -2.24. The normalized spacial score (nSPS) is 10.6. The van der Waals surface area contributed by atoms with Gasteiger partial charge in [0.15, 0.2) is 5.13 Å². The minimum atomic E-state index is -1.24. The van der Waals surface area contributed by atoms with E-state index in [-0.39, 0.29) is 18.7 Å². The first-order valence-corrected chi connectivity index (χ1v) is 7.95.